The van der Waals surface area contributed by atoms with Crippen molar-refractivity contribution in [2.24, 2.45) is 5.92 Å². The molecular weight excluding hydrogens is 184 g/mol. The zero-order chi connectivity index (χ0) is 10.8. The number of benzene rings is 1. The summed E-state index contributed by atoms with van der Waals surface area (Å²) in [6, 6.07) is 8.40. The van der Waals surface area contributed by atoms with Crippen molar-refractivity contribution >= 4 is 5.78 Å². The molecule has 1 aromatic carbocycles. The van der Waals surface area contributed by atoms with Crippen LogP contribution >= 0.6 is 0 Å². The number of carbonyl (C=O) groups is 1. The summed E-state index contributed by atoms with van der Waals surface area (Å²) in [4.78, 5) is 12.1. The molecule has 0 saturated carbocycles. The van der Waals surface area contributed by atoms with Crippen LogP contribution in [0.25, 0.3) is 0 Å². The molecule has 0 aromatic heterocycles. The van der Waals surface area contributed by atoms with Crippen molar-refractivity contribution in [3.05, 3.63) is 35.4 Å². The summed E-state index contributed by atoms with van der Waals surface area (Å²) in [6.45, 7) is 4.00. The topological polar surface area (TPSA) is 17.1 Å². The van der Waals surface area contributed by atoms with Crippen LogP contribution < -0.4 is 0 Å². The molecule has 1 atom stereocenters. The third-order valence-corrected chi connectivity index (χ3v) is 3.28. The van der Waals surface area contributed by atoms with E-state index < -0.39 is 0 Å². The van der Waals surface area contributed by atoms with Crippen LogP contribution in [0.15, 0.2) is 24.3 Å². The summed E-state index contributed by atoms with van der Waals surface area (Å²) < 4.78 is 0. The van der Waals surface area contributed by atoms with E-state index in [1.165, 1.54) is 11.1 Å². The highest BCUT2D eigenvalue weighted by Crippen LogP contribution is 2.33. The van der Waals surface area contributed by atoms with E-state index in [1.807, 2.05) is 19.9 Å². The van der Waals surface area contributed by atoms with Crippen molar-refractivity contribution < 1.29 is 4.79 Å². The highest BCUT2D eigenvalue weighted by Gasteiger charge is 2.27. The lowest BCUT2D eigenvalue weighted by Crippen LogP contribution is -2.22. The van der Waals surface area contributed by atoms with Gasteiger partial charge in [0.05, 0.1) is 0 Å². The second kappa shape index (κ2) is 4.18. The smallest absolute Gasteiger partial charge is 0.142 e. The highest BCUT2D eigenvalue weighted by molar-refractivity contribution is 5.87. The van der Waals surface area contributed by atoms with Crippen molar-refractivity contribution in [2.75, 3.05) is 0 Å². The molecule has 1 heteroatoms. The van der Waals surface area contributed by atoms with Crippen molar-refractivity contribution in [3.8, 4) is 0 Å². The Morgan fingerprint density at radius 1 is 1.33 bits per heavy atom. The normalized spacial score (nSPS) is 20.1. The van der Waals surface area contributed by atoms with Gasteiger partial charge >= 0.3 is 0 Å². The van der Waals surface area contributed by atoms with Crippen LogP contribution in [0.4, 0.5) is 0 Å². The van der Waals surface area contributed by atoms with E-state index in [-0.39, 0.29) is 11.8 Å². The van der Waals surface area contributed by atoms with Gasteiger partial charge in [0, 0.05) is 11.8 Å². The first-order valence-corrected chi connectivity index (χ1v) is 5.81. The Hall–Kier alpha value is -1.11. The fourth-order valence-electron chi connectivity index (χ4n) is 2.45. The van der Waals surface area contributed by atoms with Gasteiger partial charge in [0.25, 0.3) is 0 Å². The fourth-order valence-corrected chi connectivity index (χ4v) is 2.45. The average Bonchev–Trinajstić information content (AvgIpc) is 2.27. The molecule has 0 fully saturated rings. The number of carbonyl (C=O) groups excluding carboxylic acids is 1. The van der Waals surface area contributed by atoms with Crippen LogP contribution in [0.2, 0.25) is 0 Å². The Morgan fingerprint density at radius 3 is 2.80 bits per heavy atom. The van der Waals surface area contributed by atoms with Crippen LogP contribution in [-0.4, -0.2) is 5.78 Å². The van der Waals surface area contributed by atoms with E-state index in [4.69, 9.17) is 0 Å². The van der Waals surface area contributed by atoms with E-state index in [9.17, 15) is 4.79 Å². The first kappa shape index (κ1) is 10.4. The van der Waals surface area contributed by atoms with Gasteiger partial charge < -0.3 is 0 Å². The lowest BCUT2D eigenvalue weighted by Gasteiger charge is -2.25. The number of ketones is 1. The number of hydrogen-bond donors (Lipinski definition) is 0. The number of hydrogen-bond acceptors (Lipinski definition) is 1. The Balaban J connectivity index is 2.34. The van der Waals surface area contributed by atoms with Gasteiger partial charge in [-0.25, -0.2) is 0 Å². The van der Waals surface area contributed by atoms with Gasteiger partial charge in [-0.3, -0.25) is 4.79 Å². The molecule has 1 aliphatic rings. The maximum absolute atomic E-state index is 12.1. The van der Waals surface area contributed by atoms with E-state index in [0.717, 1.165) is 19.3 Å². The molecule has 0 aliphatic heterocycles. The summed E-state index contributed by atoms with van der Waals surface area (Å²) >= 11 is 0. The maximum Gasteiger partial charge on any atom is 0.142 e. The van der Waals surface area contributed by atoms with Gasteiger partial charge in [-0.2, -0.15) is 0 Å². The number of Topliss-reactive ketones (excluding diaryl/α,β-unsaturated/α-hetero) is 1. The first-order chi connectivity index (χ1) is 7.20. The maximum atomic E-state index is 12.1. The van der Waals surface area contributed by atoms with Gasteiger partial charge in [0.2, 0.25) is 0 Å². The van der Waals surface area contributed by atoms with Crippen LogP contribution in [-0.2, 0) is 11.2 Å². The number of rotatable bonds is 2. The third kappa shape index (κ3) is 1.97. The van der Waals surface area contributed by atoms with E-state index >= 15 is 0 Å². The molecule has 1 unspecified atom stereocenters. The summed E-state index contributed by atoms with van der Waals surface area (Å²) in [5.41, 5.74) is 2.66. The lowest BCUT2D eigenvalue weighted by atomic mass is 9.78. The Bertz CT molecular complexity index is 365. The molecule has 1 nitrogen and oxygen atoms in total. The summed E-state index contributed by atoms with van der Waals surface area (Å²) in [5, 5.41) is 0. The molecule has 0 radical (unpaired) electrons. The molecule has 1 aromatic rings. The van der Waals surface area contributed by atoms with Crippen molar-refractivity contribution in [1.82, 2.24) is 0 Å². The van der Waals surface area contributed by atoms with Crippen molar-refractivity contribution in [2.45, 2.75) is 39.0 Å². The van der Waals surface area contributed by atoms with Crippen LogP contribution in [0.1, 0.15) is 43.7 Å². The zero-order valence-corrected chi connectivity index (χ0v) is 9.49. The monoisotopic (exact) mass is 202 g/mol. The third-order valence-electron chi connectivity index (χ3n) is 3.28. The summed E-state index contributed by atoms with van der Waals surface area (Å²) in [6.07, 6.45) is 3.33. The predicted octanol–water partition coefficient (Wildman–Crippen LogP) is 3.33. The minimum atomic E-state index is 0.154. The fraction of sp³-hybridized carbons (Fsp3) is 0.500. The highest BCUT2D eigenvalue weighted by atomic mass is 16.1. The van der Waals surface area contributed by atoms with Gasteiger partial charge in [0.15, 0.2) is 0 Å². The predicted molar refractivity (Wildman–Crippen MR) is 62.0 cm³/mol. The molecule has 1 aliphatic carbocycles. The largest absolute Gasteiger partial charge is 0.299 e. The number of fused-ring (bicyclic) bond motifs is 1. The Kier molecular flexibility index (Phi) is 2.90. The first-order valence-electron chi connectivity index (χ1n) is 5.81. The van der Waals surface area contributed by atoms with Gasteiger partial charge in [-0.15, -0.1) is 0 Å². The number of aryl methyl sites for hydroxylation is 1. The molecule has 2 rings (SSSR count). The molecule has 0 amide bonds. The zero-order valence-electron chi connectivity index (χ0n) is 9.49. The van der Waals surface area contributed by atoms with Crippen molar-refractivity contribution in [3.63, 3.8) is 0 Å². The summed E-state index contributed by atoms with van der Waals surface area (Å²) in [5.74, 6) is 0.721. The van der Waals surface area contributed by atoms with Crippen molar-refractivity contribution in [1.29, 1.82) is 0 Å². The molecule has 0 spiro atoms. The van der Waals surface area contributed by atoms with E-state index in [1.54, 1.807) is 0 Å². The molecule has 15 heavy (non-hydrogen) atoms. The second-order valence-electron chi connectivity index (χ2n) is 4.70. The molecule has 0 bridgehead atoms. The Morgan fingerprint density at radius 2 is 2.07 bits per heavy atom. The molecule has 0 saturated heterocycles. The SMILES string of the molecule is CC(C)C(=O)C1CCCc2ccccc21. The molecular formula is C14H18O. The van der Waals surface area contributed by atoms with Gasteiger partial charge in [0.1, 0.15) is 5.78 Å². The Labute approximate surface area is 91.5 Å². The minimum Gasteiger partial charge on any atom is -0.299 e. The standard InChI is InChI=1S/C14H18O/c1-10(2)14(15)13-9-5-7-11-6-3-4-8-12(11)13/h3-4,6,8,10,13H,5,7,9H2,1-2H3. The van der Waals surface area contributed by atoms with Crippen LogP contribution in [0.3, 0.4) is 0 Å². The molecule has 0 N–H and O–H groups in total. The quantitative estimate of drug-likeness (QED) is 0.719. The lowest BCUT2D eigenvalue weighted by molar-refractivity contribution is -0.123. The van der Waals surface area contributed by atoms with E-state index in [2.05, 4.69) is 18.2 Å². The minimum absolute atomic E-state index is 0.154. The average molecular weight is 202 g/mol. The van der Waals surface area contributed by atoms with E-state index in [0.29, 0.717) is 5.78 Å². The van der Waals surface area contributed by atoms with Crippen LogP contribution in [0, 0.1) is 5.92 Å². The summed E-state index contributed by atoms with van der Waals surface area (Å²) in [7, 11) is 0. The molecule has 0 heterocycles. The van der Waals surface area contributed by atoms with Gasteiger partial charge in [-0.05, 0) is 30.4 Å². The van der Waals surface area contributed by atoms with Gasteiger partial charge in [-0.1, -0.05) is 38.1 Å². The molecule has 80 valence electrons. The second-order valence-corrected chi connectivity index (χ2v) is 4.70. The van der Waals surface area contributed by atoms with Crippen LogP contribution in [0.5, 0.6) is 0 Å².